The summed E-state index contributed by atoms with van der Waals surface area (Å²) in [5.41, 5.74) is -1.63. The molecule has 0 saturated heterocycles. The van der Waals surface area contributed by atoms with Crippen LogP contribution in [0.2, 0.25) is 0 Å². The van der Waals surface area contributed by atoms with E-state index in [1.165, 1.54) is 0 Å². The van der Waals surface area contributed by atoms with E-state index in [1.54, 1.807) is 20.8 Å². The first-order chi connectivity index (χ1) is 5.39. The summed E-state index contributed by atoms with van der Waals surface area (Å²) in [6, 6.07) is 0. The van der Waals surface area contributed by atoms with Crippen LogP contribution in [-0.2, 0) is 9.59 Å². The number of carboxylic acids is 2. The van der Waals surface area contributed by atoms with Gasteiger partial charge in [0, 0.05) is 0 Å². The quantitative estimate of drug-likeness (QED) is 0.544. The second-order valence-corrected chi connectivity index (χ2v) is 3.09. The van der Waals surface area contributed by atoms with Gasteiger partial charge in [-0.05, 0) is 12.3 Å². The van der Waals surface area contributed by atoms with Crippen LogP contribution in [0.5, 0.6) is 0 Å². The Morgan fingerprint density at radius 1 is 1.31 bits per heavy atom. The number of aliphatic carboxylic acids is 2. The van der Waals surface area contributed by atoms with E-state index in [4.69, 9.17) is 10.2 Å². The van der Waals surface area contributed by atoms with Crippen LogP contribution in [0.4, 0.5) is 0 Å². The third-order valence-corrected chi connectivity index (χ3v) is 2.31. The van der Waals surface area contributed by atoms with Crippen LogP contribution < -0.4 is 0 Å². The van der Waals surface area contributed by atoms with Crippen LogP contribution in [0.15, 0.2) is 0 Å². The van der Waals surface area contributed by atoms with Crippen molar-refractivity contribution in [3.8, 4) is 0 Å². The minimum absolute atomic E-state index is 0. The van der Waals surface area contributed by atoms with Crippen molar-refractivity contribution in [2.75, 3.05) is 0 Å². The van der Waals surface area contributed by atoms with Gasteiger partial charge in [0.25, 0.3) is 0 Å². The third kappa shape index (κ3) is 2.82. The molecule has 0 heterocycles. The van der Waals surface area contributed by atoms with Crippen molar-refractivity contribution in [3.63, 3.8) is 0 Å². The number of carboxylic acid groups (broad SMARTS) is 2. The van der Waals surface area contributed by atoms with Crippen LogP contribution in [-0.4, -0.2) is 59.9 Å². The number of hydrogen-bond donors (Lipinski definition) is 2. The maximum Gasteiger partial charge on any atom is 2.00 e. The number of rotatable bonds is 4. The monoisotopic (exact) mass is 216 g/mol. The standard InChI is InChI=1S/C8H14O4.Ca.2H/c1-4-8(5(2)3,6(9)10)7(11)12;;;/h5H,4H2,1-3H3,(H,9,10)(H,11,12);;;/q;+2;2*-1. The van der Waals surface area contributed by atoms with Gasteiger partial charge < -0.3 is 13.1 Å². The maximum atomic E-state index is 10.8. The Morgan fingerprint density at radius 3 is 1.62 bits per heavy atom. The summed E-state index contributed by atoms with van der Waals surface area (Å²) in [6.45, 7) is 4.78. The van der Waals surface area contributed by atoms with Crippen LogP contribution in [0.3, 0.4) is 0 Å². The van der Waals surface area contributed by atoms with Gasteiger partial charge in [0.15, 0.2) is 5.41 Å². The number of carbonyl (C=O) groups is 2. The minimum atomic E-state index is -1.63. The van der Waals surface area contributed by atoms with Crippen molar-refractivity contribution >= 4 is 49.7 Å². The van der Waals surface area contributed by atoms with Crippen molar-refractivity contribution in [2.24, 2.45) is 11.3 Å². The maximum absolute atomic E-state index is 10.8. The van der Waals surface area contributed by atoms with E-state index in [0.29, 0.717) is 0 Å². The van der Waals surface area contributed by atoms with Crippen molar-refractivity contribution in [1.29, 1.82) is 0 Å². The third-order valence-electron chi connectivity index (χ3n) is 2.31. The molecule has 5 heteroatoms. The van der Waals surface area contributed by atoms with Gasteiger partial charge in [-0.3, -0.25) is 9.59 Å². The molecule has 0 rings (SSSR count). The fraction of sp³-hybridized carbons (Fsp3) is 0.750. The molecule has 0 aliphatic heterocycles. The zero-order valence-corrected chi connectivity index (χ0v) is 10.4. The topological polar surface area (TPSA) is 74.6 Å². The Balaban J connectivity index is -0.000000202. The molecule has 0 unspecified atom stereocenters. The molecule has 0 fully saturated rings. The van der Waals surface area contributed by atoms with E-state index in [0.717, 1.165) is 0 Å². The Labute approximate surface area is 110 Å². The molecule has 0 radical (unpaired) electrons. The molecule has 0 spiro atoms. The summed E-state index contributed by atoms with van der Waals surface area (Å²) < 4.78 is 0. The zero-order chi connectivity index (χ0) is 9.94. The first-order valence-corrected chi connectivity index (χ1v) is 3.86. The summed E-state index contributed by atoms with van der Waals surface area (Å²) in [5, 5.41) is 17.6. The second-order valence-electron chi connectivity index (χ2n) is 3.09. The molecule has 0 saturated carbocycles. The average Bonchev–Trinajstić information content (AvgIpc) is 1.86. The molecule has 0 aromatic carbocycles. The predicted octanol–water partition coefficient (Wildman–Crippen LogP) is 1.05. The summed E-state index contributed by atoms with van der Waals surface area (Å²) >= 11 is 0. The molecule has 4 nitrogen and oxygen atoms in total. The van der Waals surface area contributed by atoms with Gasteiger partial charge in [-0.1, -0.05) is 20.8 Å². The molecule has 0 aromatic rings. The van der Waals surface area contributed by atoms with Gasteiger partial charge in [-0.25, -0.2) is 0 Å². The molecular formula is C8H16CaO4. The largest absolute Gasteiger partial charge is 2.00 e. The zero-order valence-electron chi connectivity index (χ0n) is 10.2. The van der Waals surface area contributed by atoms with Gasteiger partial charge in [0.05, 0.1) is 0 Å². The van der Waals surface area contributed by atoms with E-state index in [9.17, 15) is 9.59 Å². The summed E-state index contributed by atoms with van der Waals surface area (Å²) in [7, 11) is 0. The van der Waals surface area contributed by atoms with Gasteiger partial charge in [0.2, 0.25) is 0 Å². The Morgan fingerprint density at radius 2 is 1.62 bits per heavy atom. The van der Waals surface area contributed by atoms with Crippen molar-refractivity contribution < 1.29 is 22.7 Å². The molecule has 0 atom stereocenters. The van der Waals surface area contributed by atoms with Gasteiger partial charge in [0.1, 0.15) is 0 Å². The van der Waals surface area contributed by atoms with Crippen LogP contribution in [0.1, 0.15) is 30.0 Å². The molecule has 0 aromatic heterocycles. The minimum Gasteiger partial charge on any atom is -1.00 e. The van der Waals surface area contributed by atoms with E-state index in [1.807, 2.05) is 0 Å². The summed E-state index contributed by atoms with van der Waals surface area (Å²) in [5.74, 6) is -2.92. The van der Waals surface area contributed by atoms with Crippen molar-refractivity contribution in [3.05, 3.63) is 0 Å². The Kier molecular flexibility index (Phi) is 7.03. The van der Waals surface area contributed by atoms with Crippen LogP contribution >= 0.6 is 0 Å². The van der Waals surface area contributed by atoms with E-state index < -0.39 is 23.3 Å². The van der Waals surface area contributed by atoms with Gasteiger partial charge in [-0.15, -0.1) is 0 Å². The van der Waals surface area contributed by atoms with Crippen molar-refractivity contribution in [1.82, 2.24) is 0 Å². The second kappa shape index (κ2) is 5.83. The van der Waals surface area contributed by atoms with Crippen molar-refractivity contribution in [2.45, 2.75) is 27.2 Å². The fourth-order valence-corrected chi connectivity index (χ4v) is 1.30. The molecule has 0 aliphatic carbocycles. The van der Waals surface area contributed by atoms with E-state index in [2.05, 4.69) is 0 Å². The van der Waals surface area contributed by atoms with Gasteiger partial charge >= 0.3 is 49.7 Å². The molecule has 0 aliphatic rings. The molecule has 74 valence electrons. The first-order valence-electron chi connectivity index (χ1n) is 3.86. The van der Waals surface area contributed by atoms with Crippen LogP contribution in [0, 0.1) is 11.3 Å². The smallest absolute Gasteiger partial charge is 1.00 e. The molecule has 2 N–H and O–H groups in total. The Hall–Kier alpha value is 0.200. The first kappa shape index (κ1) is 15.7. The molecule has 0 amide bonds. The van der Waals surface area contributed by atoms with Gasteiger partial charge in [-0.2, -0.15) is 0 Å². The predicted molar refractivity (Wildman–Crippen MR) is 50.8 cm³/mol. The van der Waals surface area contributed by atoms with E-state index in [-0.39, 0.29) is 47.0 Å². The Bertz CT molecular complexity index is 195. The molecule has 0 bridgehead atoms. The normalized spacial score (nSPS) is 10.8. The van der Waals surface area contributed by atoms with E-state index >= 15 is 0 Å². The summed E-state index contributed by atoms with van der Waals surface area (Å²) in [4.78, 5) is 21.5. The van der Waals surface area contributed by atoms with Crippen LogP contribution in [0.25, 0.3) is 0 Å². The number of hydrogen-bond acceptors (Lipinski definition) is 2. The average molecular weight is 216 g/mol. The summed E-state index contributed by atoms with van der Waals surface area (Å²) in [6.07, 6.45) is 0.106. The fourth-order valence-electron chi connectivity index (χ4n) is 1.30. The molecular weight excluding hydrogens is 200 g/mol. The molecule has 13 heavy (non-hydrogen) atoms. The SMILES string of the molecule is CCC(C(=O)O)(C(=O)O)C(C)C.[Ca+2].[H-].[H-].